The van der Waals surface area contributed by atoms with Crippen LogP contribution in [0.3, 0.4) is 0 Å². The molecular formula is C20H17NO. The molecule has 4 aromatic rings. The Morgan fingerprint density at radius 3 is 2.36 bits per heavy atom. The summed E-state index contributed by atoms with van der Waals surface area (Å²) in [5, 5.41) is 2.43. The van der Waals surface area contributed by atoms with E-state index < -0.39 is 0 Å². The molecule has 0 atom stereocenters. The molecule has 1 aromatic heterocycles. The average molecular weight is 287 g/mol. The summed E-state index contributed by atoms with van der Waals surface area (Å²) in [5.74, 6) is 1.81. The van der Waals surface area contributed by atoms with Gasteiger partial charge in [0.1, 0.15) is 5.75 Å². The molecule has 0 fully saturated rings. The number of rotatable bonds is 2. The van der Waals surface area contributed by atoms with Gasteiger partial charge < -0.3 is 9.72 Å². The molecule has 0 bridgehead atoms. The van der Waals surface area contributed by atoms with Crippen LogP contribution in [-0.2, 0) is 0 Å². The highest BCUT2D eigenvalue weighted by atomic mass is 16.5. The Hall–Kier alpha value is -2.74. The number of aryl methyl sites for hydroxylation is 2. The Morgan fingerprint density at radius 2 is 1.50 bits per heavy atom. The molecule has 2 heteroatoms. The van der Waals surface area contributed by atoms with E-state index in [2.05, 4.69) is 55.2 Å². The third kappa shape index (κ3) is 1.96. The lowest BCUT2D eigenvalue weighted by Crippen LogP contribution is -1.91. The lowest BCUT2D eigenvalue weighted by Gasteiger charge is -2.12. The molecule has 1 N–H and O–H groups in total. The fourth-order valence-electron chi connectivity index (χ4n) is 2.91. The van der Waals surface area contributed by atoms with Crippen LogP contribution in [0.4, 0.5) is 0 Å². The Kier molecular flexibility index (Phi) is 2.90. The molecule has 0 amide bonds. The van der Waals surface area contributed by atoms with Crippen molar-refractivity contribution in [2.24, 2.45) is 0 Å². The number of nitrogens with one attached hydrogen (secondary N) is 1. The van der Waals surface area contributed by atoms with Gasteiger partial charge >= 0.3 is 0 Å². The summed E-state index contributed by atoms with van der Waals surface area (Å²) in [5.41, 5.74) is 4.46. The summed E-state index contributed by atoms with van der Waals surface area (Å²) < 4.78 is 6.25. The van der Waals surface area contributed by atoms with E-state index in [4.69, 9.17) is 4.74 Å². The zero-order chi connectivity index (χ0) is 15.1. The zero-order valence-corrected chi connectivity index (χ0v) is 12.7. The number of hydrogen-bond donors (Lipinski definition) is 1. The van der Waals surface area contributed by atoms with E-state index in [1.165, 1.54) is 10.8 Å². The van der Waals surface area contributed by atoms with Crippen LogP contribution in [0.5, 0.6) is 11.5 Å². The summed E-state index contributed by atoms with van der Waals surface area (Å²) in [6.07, 6.45) is 0. The number of aromatic nitrogens is 1. The highest BCUT2D eigenvalue weighted by Gasteiger charge is 2.12. The smallest absolute Gasteiger partial charge is 0.154 e. The average Bonchev–Trinajstić information content (AvgIpc) is 2.91. The Bertz CT molecular complexity index is 982. The lowest BCUT2D eigenvalue weighted by molar-refractivity contribution is 0.480. The first-order valence-corrected chi connectivity index (χ1v) is 7.47. The number of ether oxygens (including phenoxy) is 1. The predicted molar refractivity (Wildman–Crippen MR) is 91.8 cm³/mol. The van der Waals surface area contributed by atoms with Crippen molar-refractivity contribution >= 4 is 21.8 Å². The first-order chi connectivity index (χ1) is 10.7. The van der Waals surface area contributed by atoms with Gasteiger partial charge in [-0.1, -0.05) is 48.5 Å². The van der Waals surface area contributed by atoms with Crippen LogP contribution in [0.15, 0.2) is 60.7 Å². The SMILES string of the molecule is Cc1ccccc1Oc1c(C)ccc2c1[nH]c1ccccc12. The van der Waals surface area contributed by atoms with E-state index in [0.29, 0.717) is 0 Å². The molecule has 0 radical (unpaired) electrons. The second-order valence-corrected chi connectivity index (χ2v) is 5.67. The van der Waals surface area contributed by atoms with Crippen molar-refractivity contribution in [3.05, 3.63) is 71.8 Å². The van der Waals surface area contributed by atoms with Crippen molar-refractivity contribution in [3.8, 4) is 11.5 Å². The van der Waals surface area contributed by atoms with Crippen molar-refractivity contribution in [2.75, 3.05) is 0 Å². The van der Waals surface area contributed by atoms with Crippen molar-refractivity contribution < 1.29 is 4.74 Å². The Balaban J connectivity index is 1.96. The van der Waals surface area contributed by atoms with E-state index in [-0.39, 0.29) is 0 Å². The molecule has 108 valence electrons. The molecule has 0 unspecified atom stereocenters. The maximum atomic E-state index is 6.25. The lowest BCUT2D eigenvalue weighted by atomic mass is 10.1. The van der Waals surface area contributed by atoms with Gasteiger partial charge in [0.25, 0.3) is 0 Å². The monoisotopic (exact) mass is 287 g/mol. The molecule has 0 aliphatic heterocycles. The zero-order valence-electron chi connectivity index (χ0n) is 12.7. The molecule has 1 heterocycles. The van der Waals surface area contributed by atoms with Gasteiger partial charge in [-0.15, -0.1) is 0 Å². The largest absolute Gasteiger partial charge is 0.455 e. The minimum Gasteiger partial charge on any atom is -0.455 e. The summed E-state index contributed by atoms with van der Waals surface area (Å²) in [7, 11) is 0. The highest BCUT2D eigenvalue weighted by Crippen LogP contribution is 2.37. The van der Waals surface area contributed by atoms with Gasteiger partial charge in [0.05, 0.1) is 5.52 Å². The van der Waals surface area contributed by atoms with E-state index in [1.807, 2.05) is 24.3 Å². The number of aromatic amines is 1. The minimum atomic E-state index is 0.900. The predicted octanol–water partition coefficient (Wildman–Crippen LogP) is 5.73. The molecule has 3 aromatic carbocycles. The normalized spacial score (nSPS) is 11.2. The van der Waals surface area contributed by atoms with Gasteiger partial charge in [-0.05, 0) is 37.1 Å². The van der Waals surface area contributed by atoms with E-state index in [9.17, 15) is 0 Å². The van der Waals surface area contributed by atoms with E-state index >= 15 is 0 Å². The van der Waals surface area contributed by atoms with Crippen molar-refractivity contribution in [3.63, 3.8) is 0 Å². The van der Waals surface area contributed by atoms with Gasteiger partial charge in [0.2, 0.25) is 0 Å². The first-order valence-electron chi connectivity index (χ1n) is 7.47. The molecule has 0 spiro atoms. The van der Waals surface area contributed by atoms with Gasteiger partial charge in [-0.25, -0.2) is 0 Å². The molecule has 0 saturated carbocycles. The third-order valence-corrected chi connectivity index (χ3v) is 4.14. The highest BCUT2D eigenvalue weighted by molar-refractivity contribution is 6.09. The van der Waals surface area contributed by atoms with Crippen LogP contribution >= 0.6 is 0 Å². The number of fused-ring (bicyclic) bond motifs is 3. The molecule has 0 saturated heterocycles. The van der Waals surface area contributed by atoms with Crippen LogP contribution in [0, 0.1) is 13.8 Å². The molecule has 4 rings (SSSR count). The molecule has 0 aliphatic carbocycles. The second kappa shape index (κ2) is 4.92. The van der Waals surface area contributed by atoms with Crippen LogP contribution in [0.25, 0.3) is 21.8 Å². The van der Waals surface area contributed by atoms with Gasteiger partial charge in [-0.3, -0.25) is 0 Å². The number of benzene rings is 3. The first kappa shape index (κ1) is 13.0. The van der Waals surface area contributed by atoms with Crippen LogP contribution < -0.4 is 4.74 Å². The third-order valence-electron chi connectivity index (χ3n) is 4.14. The van der Waals surface area contributed by atoms with Crippen LogP contribution in [0.2, 0.25) is 0 Å². The maximum absolute atomic E-state index is 6.25. The van der Waals surface area contributed by atoms with Crippen LogP contribution in [-0.4, -0.2) is 4.98 Å². The van der Waals surface area contributed by atoms with Gasteiger partial charge in [-0.2, -0.15) is 0 Å². The number of para-hydroxylation sites is 2. The maximum Gasteiger partial charge on any atom is 0.154 e. The summed E-state index contributed by atoms with van der Waals surface area (Å²) in [6.45, 7) is 4.15. The van der Waals surface area contributed by atoms with Gasteiger partial charge in [0, 0.05) is 16.3 Å². The summed E-state index contributed by atoms with van der Waals surface area (Å²) in [6, 6.07) is 20.7. The number of hydrogen-bond acceptors (Lipinski definition) is 1. The summed E-state index contributed by atoms with van der Waals surface area (Å²) in [4.78, 5) is 3.50. The molecule has 2 nitrogen and oxygen atoms in total. The second-order valence-electron chi connectivity index (χ2n) is 5.67. The summed E-state index contributed by atoms with van der Waals surface area (Å²) >= 11 is 0. The van der Waals surface area contributed by atoms with E-state index in [1.54, 1.807) is 0 Å². The Morgan fingerprint density at radius 1 is 0.727 bits per heavy atom. The van der Waals surface area contributed by atoms with Crippen molar-refractivity contribution in [1.82, 2.24) is 4.98 Å². The molecular weight excluding hydrogens is 270 g/mol. The van der Waals surface area contributed by atoms with Gasteiger partial charge in [0.15, 0.2) is 5.75 Å². The standard InChI is InChI=1S/C20H17NO/c1-13-7-3-6-10-18(13)22-20-14(2)11-12-16-15-8-4-5-9-17(15)21-19(16)20/h3-12,21H,1-2H3. The number of H-pyrrole nitrogens is 1. The molecule has 0 aliphatic rings. The molecule has 22 heavy (non-hydrogen) atoms. The fraction of sp³-hybridized carbons (Fsp3) is 0.100. The fourth-order valence-corrected chi connectivity index (χ4v) is 2.91. The topological polar surface area (TPSA) is 25.0 Å². The van der Waals surface area contributed by atoms with Crippen molar-refractivity contribution in [2.45, 2.75) is 13.8 Å². The quantitative estimate of drug-likeness (QED) is 0.500. The van der Waals surface area contributed by atoms with Crippen molar-refractivity contribution in [1.29, 1.82) is 0 Å². The van der Waals surface area contributed by atoms with Crippen LogP contribution in [0.1, 0.15) is 11.1 Å². The minimum absolute atomic E-state index is 0.900. The Labute approximate surface area is 129 Å². The van der Waals surface area contributed by atoms with E-state index in [0.717, 1.165) is 33.7 Å².